The van der Waals surface area contributed by atoms with Gasteiger partial charge in [-0.05, 0) is 25.3 Å². The maximum atomic E-state index is 12.2. The molecule has 2 rings (SSSR count). The van der Waals surface area contributed by atoms with E-state index in [0.717, 1.165) is 5.56 Å². The highest BCUT2D eigenvalue weighted by molar-refractivity contribution is 6.01. The molecule has 1 amide bonds. The van der Waals surface area contributed by atoms with E-state index in [-0.39, 0.29) is 18.2 Å². The zero-order valence-corrected chi connectivity index (χ0v) is 13.0. The van der Waals surface area contributed by atoms with E-state index in [4.69, 9.17) is 0 Å². The first-order chi connectivity index (χ1) is 10.5. The molecule has 5 nitrogen and oxygen atoms in total. The molecule has 0 bridgehead atoms. The summed E-state index contributed by atoms with van der Waals surface area (Å²) >= 11 is 0. The number of amides is 1. The molecule has 1 atom stereocenters. The summed E-state index contributed by atoms with van der Waals surface area (Å²) in [7, 11) is 1.27. The second-order valence-electron chi connectivity index (χ2n) is 5.64. The van der Waals surface area contributed by atoms with Crippen molar-refractivity contribution in [2.45, 2.75) is 26.2 Å². The van der Waals surface area contributed by atoms with Crippen LogP contribution in [0.5, 0.6) is 0 Å². The van der Waals surface area contributed by atoms with Gasteiger partial charge in [0, 0.05) is 13.0 Å². The van der Waals surface area contributed by atoms with Crippen LogP contribution in [0.2, 0.25) is 0 Å². The summed E-state index contributed by atoms with van der Waals surface area (Å²) in [5.74, 6) is -1.50. The first-order valence-electron chi connectivity index (χ1n) is 7.45. The summed E-state index contributed by atoms with van der Waals surface area (Å²) in [5.41, 5.74) is 2.28. The van der Waals surface area contributed by atoms with Gasteiger partial charge in [-0.3, -0.25) is 14.4 Å². The Balaban J connectivity index is 1.87. The largest absolute Gasteiger partial charge is 0.468 e. The third kappa shape index (κ3) is 3.93. The lowest BCUT2D eigenvalue weighted by atomic mass is 9.95. The Bertz CT molecular complexity index is 582. The molecule has 118 valence electrons. The number of carbonyl (C=O) groups is 3. The van der Waals surface area contributed by atoms with E-state index in [1.54, 1.807) is 0 Å². The van der Waals surface area contributed by atoms with Crippen molar-refractivity contribution in [2.75, 3.05) is 20.2 Å². The molecule has 1 fully saturated rings. The van der Waals surface area contributed by atoms with Gasteiger partial charge in [0.15, 0.2) is 5.78 Å². The van der Waals surface area contributed by atoms with E-state index in [0.29, 0.717) is 25.8 Å². The van der Waals surface area contributed by atoms with Gasteiger partial charge in [-0.25, -0.2) is 0 Å². The molecule has 0 aromatic heterocycles. The number of methoxy groups -OCH3 is 1. The van der Waals surface area contributed by atoms with Crippen molar-refractivity contribution in [3.05, 3.63) is 35.4 Å². The van der Waals surface area contributed by atoms with Crippen molar-refractivity contribution < 1.29 is 19.1 Å². The van der Waals surface area contributed by atoms with Gasteiger partial charge in [0.05, 0.1) is 13.7 Å². The molecule has 0 N–H and O–H groups in total. The first kappa shape index (κ1) is 16.2. The highest BCUT2D eigenvalue weighted by Gasteiger charge is 2.34. The van der Waals surface area contributed by atoms with Gasteiger partial charge in [0.2, 0.25) is 5.91 Å². The average Bonchev–Trinajstić information content (AvgIpc) is 2.51. The van der Waals surface area contributed by atoms with Gasteiger partial charge in [0.1, 0.15) is 5.92 Å². The number of nitrogens with zero attached hydrogens (tertiary/aromatic N) is 1. The Morgan fingerprint density at radius 2 is 2.14 bits per heavy atom. The Labute approximate surface area is 130 Å². The van der Waals surface area contributed by atoms with E-state index in [9.17, 15) is 14.4 Å². The van der Waals surface area contributed by atoms with Gasteiger partial charge in [-0.1, -0.05) is 29.8 Å². The minimum absolute atomic E-state index is 0.00637. The van der Waals surface area contributed by atoms with Crippen LogP contribution in [0.4, 0.5) is 0 Å². The Morgan fingerprint density at radius 3 is 2.77 bits per heavy atom. The lowest BCUT2D eigenvalue weighted by Gasteiger charge is -2.29. The van der Waals surface area contributed by atoms with Crippen molar-refractivity contribution in [2.24, 2.45) is 5.92 Å². The van der Waals surface area contributed by atoms with Gasteiger partial charge in [0.25, 0.3) is 0 Å². The van der Waals surface area contributed by atoms with Gasteiger partial charge < -0.3 is 9.64 Å². The summed E-state index contributed by atoms with van der Waals surface area (Å²) in [6, 6.07) is 8.04. The standard InChI is InChI=1S/C17H21NO4/c1-12-4-3-5-13(10-12)6-7-16(20)18-9-8-14(15(19)11-18)17(21)22-2/h3-5,10,14H,6-9,11H2,1-2H3. The maximum Gasteiger partial charge on any atom is 0.316 e. The number of esters is 1. The summed E-state index contributed by atoms with van der Waals surface area (Å²) < 4.78 is 4.61. The molecule has 0 aliphatic carbocycles. The Morgan fingerprint density at radius 1 is 1.36 bits per heavy atom. The van der Waals surface area contributed by atoms with Crippen LogP contribution < -0.4 is 0 Å². The molecule has 1 aliphatic rings. The minimum Gasteiger partial charge on any atom is -0.468 e. The fourth-order valence-corrected chi connectivity index (χ4v) is 2.70. The van der Waals surface area contributed by atoms with Crippen molar-refractivity contribution in [1.82, 2.24) is 4.90 Å². The molecule has 1 unspecified atom stereocenters. The van der Waals surface area contributed by atoms with Crippen molar-refractivity contribution >= 4 is 17.7 Å². The molecule has 0 spiro atoms. The highest BCUT2D eigenvalue weighted by atomic mass is 16.5. The van der Waals surface area contributed by atoms with E-state index < -0.39 is 11.9 Å². The molecule has 22 heavy (non-hydrogen) atoms. The van der Waals surface area contributed by atoms with Crippen LogP contribution >= 0.6 is 0 Å². The second-order valence-corrected chi connectivity index (χ2v) is 5.64. The van der Waals surface area contributed by atoms with Crippen LogP contribution in [0.3, 0.4) is 0 Å². The highest BCUT2D eigenvalue weighted by Crippen LogP contribution is 2.17. The number of piperidine rings is 1. The second kappa shape index (κ2) is 7.20. The summed E-state index contributed by atoms with van der Waals surface area (Å²) in [4.78, 5) is 37.1. The number of Topliss-reactive ketones (excluding diaryl/α,β-unsaturated/α-hetero) is 1. The van der Waals surface area contributed by atoms with Crippen molar-refractivity contribution in [1.29, 1.82) is 0 Å². The molecular formula is C17H21NO4. The number of ketones is 1. The Kier molecular flexibility index (Phi) is 5.31. The summed E-state index contributed by atoms with van der Waals surface area (Å²) in [6.45, 7) is 2.45. The van der Waals surface area contributed by atoms with E-state index >= 15 is 0 Å². The number of hydrogen-bond acceptors (Lipinski definition) is 4. The zero-order chi connectivity index (χ0) is 16.1. The van der Waals surface area contributed by atoms with Gasteiger partial charge in [-0.15, -0.1) is 0 Å². The maximum absolute atomic E-state index is 12.2. The van der Waals surface area contributed by atoms with Crippen LogP contribution in [0, 0.1) is 12.8 Å². The molecule has 1 aromatic carbocycles. The number of benzene rings is 1. The van der Waals surface area contributed by atoms with E-state index in [1.807, 2.05) is 25.1 Å². The lowest BCUT2D eigenvalue weighted by Crippen LogP contribution is -2.46. The lowest BCUT2D eigenvalue weighted by molar-refractivity contribution is -0.154. The van der Waals surface area contributed by atoms with Gasteiger partial charge >= 0.3 is 5.97 Å². The smallest absolute Gasteiger partial charge is 0.316 e. The van der Waals surface area contributed by atoms with Crippen LogP contribution in [0.1, 0.15) is 24.0 Å². The molecule has 1 saturated heterocycles. The van der Waals surface area contributed by atoms with Crippen LogP contribution in [-0.4, -0.2) is 42.8 Å². The number of aryl methyl sites for hydroxylation is 2. The molecule has 1 aromatic rings. The molecular weight excluding hydrogens is 282 g/mol. The van der Waals surface area contributed by atoms with Crippen molar-refractivity contribution in [3.63, 3.8) is 0 Å². The monoisotopic (exact) mass is 303 g/mol. The first-order valence-corrected chi connectivity index (χ1v) is 7.45. The molecule has 1 aliphatic heterocycles. The number of ether oxygens (including phenoxy) is 1. The Hall–Kier alpha value is -2.17. The van der Waals surface area contributed by atoms with Gasteiger partial charge in [-0.2, -0.15) is 0 Å². The predicted octanol–water partition coefficient (Wildman–Crippen LogP) is 1.52. The quantitative estimate of drug-likeness (QED) is 0.625. The van der Waals surface area contributed by atoms with Crippen molar-refractivity contribution in [3.8, 4) is 0 Å². The fraction of sp³-hybridized carbons (Fsp3) is 0.471. The number of carbonyl (C=O) groups excluding carboxylic acids is 3. The predicted molar refractivity (Wildman–Crippen MR) is 81.2 cm³/mol. The molecule has 1 heterocycles. The number of rotatable bonds is 4. The van der Waals surface area contributed by atoms with Crippen LogP contribution in [0.25, 0.3) is 0 Å². The summed E-state index contributed by atoms with van der Waals surface area (Å²) in [5, 5.41) is 0. The zero-order valence-electron chi connectivity index (χ0n) is 13.0. The third-order valence-corrected chi connectivity index (χ3v) is 3.97. The summed E-state index contributed by atoms with van der Waals surface area (Å²) in [6.07, 6.45) is 1.38. The third-order valence-electron chi connectivity index (χ3n) is 3.97. The SMILES string of the molecule is COC(=O)C1CCN(C(=O)CCc2cccc(C)c2)CC1=O. The molecule has 5 heteroatoms. The molecule has 0 radical (unpaired) electrons. The average molecular weight is 303 g/mol. The van der Waals surface area contributed by atoms with Crippen LogP contribution in [0.15, 0.2) is 24.3 Å². The number of likely N-dealkylation sites (tertiary alicyclic amines) is 1. The molecule has 0 saturated carbocycles. The normalized spacial score (nSPS) is 18.2. The van der Waals surface area contributed by atoms with E-state index in [2.05, 4.69) is 10.8 Å². The topological polar surface area (TPSA) is 63.7 Å². The fourth-order valence-electron chi connectivity index (χ4n) is 2.70. The minimum atomic E-state index is -0.717. The number of hydrogen-bond donors (Lipinski definition) is 0. The van der Waals surface area contributed by atoms with Crippen LogP contribution in [-0.2, 0) is 25.5 Å². The van der Waals surface area contributed by atoms with E-state index in [1.165, 1.54) is 17.6 Å².